The molecule has 0 aromatic carbocycles. The summed E-state index contributed by atoms with van der Waals surface area (Å²) in [6.07, 6.45) is 2.72. The fourth-order valence-electron chi connectivity index (χ4n) is 0.994. The van der Waals surface area contributed by atoms with E-state index in [1.54, 1.807) is 0 Å². The average molecular weight is 147 g/mol. The number of hydrogen-bond acceptors (Lipinski definition) is 2. The Balaban J connectivity index is 2.47. The maximum Gasteiger partial charge on any atom is 0.143 e. The van der Waals surface area contributed by atoms with Crippen LogP contribution in [0.25, 0.3) is 0 Å². The lowest BCUT2D eigenvalue weighted by molar-refractivity contribution is 0.587. The summed E-state index contributed by atoms with van der Waals surface area (Å²) in [5.41, 5.74) is 0. The summed E-state index contributed by atoms with van der Waals surface area (Å²) in [4.78, 5) is 0. The van der Waals surface area contributed by atoms with E-state index in [4.69, 9.17) is 0 Å². The van der Waals surface area contributed by atoms with E-state index in [1.807, 2.05) is 0 Å². The minimum absolute atomic E-state index is 0.125. The fraction of sp³-hybridized carbons (Fsp3) is 0.833. The Morgan fingerprint density at radius 3 is 2.22 bits per heavy atom. The van der Waals surface area contributed by atoms with Crippen LogP contribution in [0.5, 0.6) is 0 Å². The molecule has 1 aliphatic carbocycles. The van der Waals surface area contributed by atoms with Crippen molar-refractivity contribution in [3.63, 3.8) is 0 Å². The van der Waals surface area contributed by atoms with Gasteiger partial charge in [-0.1, -0.05) is 6.92 Å². The van der Waals surface area contributed by atoms with Gasteiger partial charge in [0.25, 0.3) is 0 Å². The van der Waals surface area contributed by atoms with Gasteiger partial charge in [-0.15, -0.1) is 0 Å². The van der Waals surface area contributed by atoms with Gasteiger partial charge in [-0.05, 0) is 25.2 Å². The van der Waals surface area contributed by atoms with Crippen LogP contribution >= 0.6 is 0 Å². The van der Waals surface area contributed by atoms with Crippen LogP contribution in [0.2, 0.25) is 0 Å². The highest BCUT2D eigenvalue weighted by atomic mass is 32.2. The minimum atomic E-state index is -2.20. The van der Waals surface area contributed by atoms with Crippen LogP contribution in [0.1, 0.15) is 19.3 Å². The van der Waals surface area contributed by atoms with Crippen molar-refractivity contribution >= 4 is 10.7 Å². The third-order valence-corrected chi connectivity index (χ3v) is 2.95. The van der Waals surface area contributed by atoms with E-state index in [0.717, 1.165) is 12.8 Å². The Hall–Kier alpha value is -0.0500. The van der Waals surface area contributed by atoms with E-state index >= 15 is 0 Å². The fourth-order valence-corrected chi connectivity index (χ4v) is 1.85. The van der Waals surface area contributed by atoms with Gasteiger partial charge in [0, 0.05) is 0 Å². The monoisotopic (exact) mass is 147 g/mol. The molecule has 0 N–H and O–H groups in total. The van der Waals surface area contributed by atoms with E-state index in [2.05, 4.69) is 6.92 Å². The third-order valence-electron chi connectivity index (χ3n) is 1.73. The van der Waals surface area contributed by atoms with E-state index in [1.165, 1.54) is 0 Å². The molecule has 1 saturated carbocycles. The Bertz CT molecular complexity index is 150. The van der Waals surface area contributed by atoms with Crippen molar-refractivity contribution in [2.24, 2.45) is 5.92 Å². The second kappa shape index (κ2) is 2.69. The lowest BCUT2D eigenvalue weighted by atomic mass is 10.2. The van der Waals surface area contributed by atoms with Gasteiger partial charge in [0.15, 0.2) is 0 Å². The lowest BCUT2D eigenvalue weighted by Gasteiger charge is -2.01. The molecule has 3 heteroatoms. The maximum absolute atomic E-state index is 10.4. The second-order valence-electron chi connectivity index (χ2n) is 2.48. The summed E-state index contributed by atoms with van der Waals surface area (Å²) in [5, 5.41) is -0.125. The van der Waals surface area contributed by atoms with Crippen molar-refractivity contribution < 1.29 is 8.42 Å². The predicted molar refractivity (Wildman–Crippen MR) is 36.8 cm³/mol. The molecule has 0 saturated heterocycles. The smallest absolute Gasteiger partial charge is 0.143 e. The van der Waals surface area contributed by atoms with E-state index < -0.39 is 10.7 Å². The molecule has 1 rings (SSSR count). The number of thiol groups is 1. The largest absolute Gasteiger partial charge is 0.232 e. The molecule has 0 aromatic rings. The van der Waals surface area contributed by atoms with E-state index in [9.17, 15) is 8.42 Å². The first kappa shape index (κ1) is 7.06. The molecule has 1 fully saturated rings. The molecule has 0 amide bonds. The molecule has 0 heterocycles. The van der Waals surface area contributed by atoms with Gasteiger partial charge in [0.1, 0.15) is 10.7 Å². The standard InChI is InChI=1S/C6H11O2S/c1-2-6(9(7)8)5-3-4-5/h5-6,9H,1-4H2. The highest BCUT2D eigenvalue weighted by Crippen LogP contribution is 2.35. The van der Waals surface area contributed by atoms with Gasteiger partial charge in [0.05, 0.1) is 5.25 Å². The van der Waals surface area contributed by atoms with E-state index in [0.29, 0.717) is 12.3 Å². The van der Waals surface area contributed by atoms with Crippen LogP contribution in [0, 0.1) is 12.8 Å². The quantitative estimate of drug-likeness (QED) is 0.593. The normalized spacial score (nSPS) is 22.4. The molecule has 0 spiro atoms. The highest BCUT2D eigenvalue weighted by molar-refractivity contribution is 7.73. The van der Waals surface area contributed by atoms with Gasteiger partial charge in [-0.3, -0.25) is 0 Å². The Morgan fingerprint density at radius 2 is 2.11 bits per heavy atom. The summed E-state index contributed by atoms with van der Waals surface area (Å²) in [6.45, 7) is 3.58. The van der Waals surface area contributed by atoms with Crippen LogP contribution in [-0.4, -0.2) is 13.7 Å². The SMILES string of the molecule is [CH2]CC(C1CC1)[SH](=O)=O. The van der Waals surface area contributed by atoms with Crippen molar-refractivity contribution in [1.82, 2.24) is 0 Å². The van der Waals surface area contributed by atoms with Gasteiger partial charge in [-0.2, -0.15) is 0 Å². The highest BCUT2D eigenvalue weighted by Gasteiger charge is 2.31. The molecule has 0 aromatic heterocycles. The first-order chi connectivity index (χ1) is 4.25. The van der Waals surface area contributed by atoms with Gasteiger partial charge in [0.2, 0.25) is 0 Å². The Kier molecular flexibility index (Phi) is 2.11. The summed E-state index contributed by atoms with van der Waals surface area (Å²) < 4.78 is 20.8. The maximum atomic E-state index is 10.4. The second-order valence-corrected chi connectivity index (χ2v) is 3.71. The molecule has 0 bridgehead atoms. The van der Waals surface area contributed by atoms with Crippen molar-refractivity contribution in [2.75, 3.05) is 0 Å². The molecule has 1 atom stereocenters. The molecular formula is C6H11O2S. The van der Waals surface area contributed by atoms with E-state index in [-0.39, 0.29) is 5.25 Å². The third kappa shape index (κ3) is 1.68. The zero-order chi connectivity index (χ0) is 6.85. The zero-order valence-electron chi connectivity index (χ0n) is 5.25. The van der Waals surface area contributed by atoms with Crippen LogP contribution in [0.3, 0.4) is 0 Å². The van der Waals surface area contributed by atoms with Crippen LogP contribution in [-0.2, 0) is 10.7 Å². The van der Waals surface area contributed by atoms with Gasteiger partial charge >= 0.3 is 0 Å². The van der Waals surface area contributed by atoms with Crippen LogP contribution in [0.15, 0.2) is 0 Å². The molecule has 0 aliphatic heterocycles. The first-order valence-corrected chi connectivity index (χ1v) is 4.43. The molecular weight excluding hydrogens is 136 g/mol. The molecule has 1 radical (unpaired) electrons. The summed E-state index contributed by atoms with van der Waals surface area (Å²) in [5.74, 6) is 0.448. The van der Waals surface area contributed by atoms with Crippen LogP contribution in [0.4, 0.5) is 0 Å². The Morgan fingerprint density at radius 1 is 1.56 bits per heavy atom. The summed E-state index contributed by atoms with van der Waals surface area (Å²) >= 11 is 0. The van der Waals surface area contributed by atoms with Gasteiger partial charge < -0.3 is 0 Å². The predicted octanol–water partition coefficient (Wildman–Crippen LogP) is 0.601. The van der Waals surface area contributed by atoms with Crippen molar-refractivity contribution in [3.05, 3.63) is 6.92 Å². The summed E-state index contributed by atoms with van der Waals surface area (Å²) in [7, 11) is -2.20. The molecule has 9 heavy (non-hydrogen) atoms. The topological polar surface area (TPSA) is 34.1 Å². The molecule has 1 aliphatic rings. The Labute approximate surface area is 57.2 Å². The number of rotatable bonds is 3. The lowest BCUT2D eigenvalue weighted by Crippen LogP contribution is -2.10. The zero-order valence-corrected chi connectivity index (χ0v) is 6.14. The molecule has 53 valence electrons. The first-order valence-electron chi connectivity index (χ1n) is 3.18. The van der Waals surface area contributed by atoms with Crippen molar-refractivity contribution in [2.45, 2.75) is 24.5 Å². The van der Waals surface area contributed by atoms with Crippen molar-refractivity contribution in [1.29, 1.82) is 0 Å². The molecule has 2 nitrogen and oxygen atoms in total. The average Bonchev–Trinajstić information content (AvgIpc) is 2.50. The minimum Gasteiger partial charge on any atom is -0.232 e. The van der Waals surface area contributed by atoms with Gasteiger partial charge in [-0.25, -0.2) is 8.42 Å². The number of hydrogen-bond donors (Lipinski definition) is 1. The summed E-state index contributed by atoms with van der Waals surface area (Å²) in [6, 6.07) is 0. The van der Waals surface area contributed by atoms with Crippen LogP contribution < -0.4 is 0 Å². The van der Waals surface area contributed by atoms with Crippen molar-refractivity contribution in [3.8, 4) is 0 Å². The molecule has 1 unspecified atom stereocenters.